The first-order chi connectivity index (χ1) is 28.5. The summed E-state index contributed by atoms with van der Waals surface area (Å²) in [5.41, 5.74) is 17.0. The molecule has 0 bridgehead atoms. The van der Waals surface area contributed by atoms with Crippen LogP contribution in [0.4, 0.5) is 0 Å². The predicted octanol–water partition coefficient (Wildman–Crippen LogP) is 12.1. The van der Waals surface area contributed by atoms with E-state index in [2.05, 4.69) is 227 Å². The molecule has 0 N–H and O–H groups in total. The van der Waals surface area contributed by atoms with E-state index in [0.29, 0.717) is 47.3 Å². The van der Waals surface area contributed by atoms with Crippen molar-refractivity contribution in [1.82, 2.24) is 9.13 Å². The molecule has 0 aliphatic heterocycles. The fourth-order valence-electron chi connectivity index (χ4n) is 8.83. The Morgan fingerprint density at radius 2 is 0.550 bits per heavy atom. The standard InChI is InChI=1S/C54H72N4Te2/c1-33(2)41-21-17-22-42(34(3)4)49(41)55-29-30-56(50-43(35(5)6)23-18-24-44(50)36(7)8)53(55)59-60-54-57(51-45(37(9)10)25-19-26-46(51)38(11)12)31-32-58(54)52-47(39(13)14)27-20-28-48(52)40(15)16/h17-40H,1-16H3/q+2. The third kappa shape index (κ3) is 9.16. The minimum atomic E-state index is -0.790. The summed E-state index contributed by atoms with van der Waals surface area (Å²) in [5, 5.41) is 0. The van der Waals surface area contributed by atoms with Crippen LogP contribution in [0.25, 0.3) is 22.7 Å². The number of imidazole rings is 2. The van der Waals surface area contributed by atoms with Crippen molar-refractivity contribution in [2.75, 3.05) is 0 Å². The minimum absolute atomic E-state index is 0.400. The predicted molar refractivity (Wildman–Crippen MR) is 258 cm³/mol. The fraction of sp³-hybridized carbons (Fsp3) is 0.444. The van der Waals surface area contributed by atoms with Gasteiger partial charge < -0.3 is 0 Å². The summed E-state index contributed by atoms with van der Waals surface area (Å²) in [6.45, 7) is 37.8. The van der Waals surface area contributed by atoms with Crippen LogP contribution in [0.3, 0.4) is 0 Å². The summed E-state index contributed by atoms with van der Waals surface area (Å²) in [6, 6.07) is 28.2. The van der Waals surface area contributed by atoms with Crippen molar-refractivity contribution in [3.05, 3.63) is 142 Å². The van der Waals surface area contributed by atoms with Crippen LogP contribution < -0.4 is 16.9 Å². The van der Waals surface area contributed by atoms with Gasteiger partial charge in [-0.25, -0.2) is 0 Å². The molecule has 0 aliphatic rings. The number of para-hydroxylation sites is 4. The Balaban J connectivity index is 1.72. The number of hydrogen-bond acceptors (Lipinski definition) is 0. The van der Waals surface area contributed by atoms with E-state index in [1.807, 2.05) is 0 Å². The second-order valence-electron chi connectivity index (χ2n) is 19.2. The summed E-state index contributed by atoms with van der Waals surface area (Å²) in [5.74, 6) is 3.20. The van der Waals surface area contributed by atoms with E-state index >= 15 is 0 Å². The molecule has 4 aromatic carbocycles. The SMILES string of the molecule is CC(C)c1cccc(C(C)C)c1-n1cc[n+](-c2c(C(C)C)cccc2C(C)C)c1[Te][Te]c1n(-c2c(C(C)C)cccc2C(C)C)cc[n+]1-c1c(C(C)C)cccc1C(C)C. The van der Waals surface area contributed by atoms with Gasteiger partial charge in [0.15, 0.2) is 0 Å². The van der Waals surface area contributed by atoms with E-state index < -0.39 is 34.1 Å². The van der Waals surface area contributed by atoms with E-state index in [1.54, 1.807) is 0 Å². The van der Waals surface area contributed by atoms with Gasteiger partial charge in [-0.3, -0.25) is 0 Å². The normalized spacial score (nSPS) is 12.3. The molecule has 2 aromatic heterocycles. The average molecular weight is 1030 g/mol. The first kappa shape index (κ1) is 46.4. The van der Waals surface area contributed by atoms with Gasteiger partial charge in [0.05, 0.1) is 0 Å². The molecular weight excluding hydrogens is 960 g/mol. The molecule has 0 atom stereocenters. The number of rotatable bonds is 15. The molecule has 0 radical (unpaired) electrons. The Hall–Kier alpha value is -3.12. The van der Waals surface area contributed by atoms with Crippen LogP contribution in [0.15, 0.2) is 97.6 Å². The average Bonchev–Trinajstić information content (AvgIpc) is 3.82. The van der Waals surface area contributed by atoms with Crippen LogP contribution >= 0.6 is 0 Å². The van der Waals surface area contributed by atoms with Crippen molar-refractivity contribution >= 4 is 41.9 Å². The second-order valence-corrected chi connectivity index (χ2v) is 28.6. The first-order valence-corrected chi connectivity index (χ1v) is 32.3. The zero-order valence-corrected chi connectivity index (χ0v) is 44.1. The van der Waals surface area contributed by atoms with Gasteiger partial charge in [-0.2, -0.15) is 0 Å². The van der Waals surface area contributed by atoms with Crippen molar-refractivity contribution in [1.29, 1.82) is 0 Å². The summed E-state index contributed by atoms with van der Waals surface area (Å²) >= 11 is -1.58. The number of aromatic nitrogens is 4. The van der Waals surface area contributed by atoms with Crippen LogP contribution in [0.1, 0.15) is 203 Å². The zero-order valence-electron chi connectivity index (χ0n) is 39.5. The monoisotopic (exact) mass is 1040 g/mol. The van der Waals surface area contributed by atoms with E-state index in [1.165, 1.54) is 75.0 Å². The Bertz CT molecular complexity index is 1980. The number of hydrogen-bond donors (Lipinski definition) is 0. The van der Waals surface area contributed by atoms with Gasteiger partial charge in [-0.1, -0.05) is 0 Å². The van der Waals surface area contributed by atoms with Crippen LogP contribution in [0.5, 0.6) is 0 Å². The number of nitrogens with zero attached hydrogens (tertiary/aromatic N) is 4. The van der Waals surface area contributed by atoms with Gasteiger partial charge in [-0.05, 0) is 0 Å². The second kappa shape index (κ2) is 19.5. The molecule has 6 aromatic rings. The van der Waals surface area contributed by atoms with Gasteiger partial charge in [0.2, 0.25) is 0 Å². The van der Waals surface area contributed by atoms with Crippen molar-refractivity contribution < 1.29 is 9.13 Å². The Morgan fingerprint density at radius 1 is 0.333 bits per heavy atom. The summed E-state index contributed by atoms with van der Waals surface area (Å²) in [6.07, 6.45) is 9.68. The van der Waals surface area contributed by atoms with E-state index in [0.717, 1.165) is 0 Å². The molecule has 6 rings (SSSR count). The summed E-state index contributed by atoms with van der Waals surface area (Å²) in [4.78, 5) is 0. The van der Waals surface area contributed by atoms with Crippen molar-refractivity contribution in [2.24, 2.45) is 0 Å². The van der Waals surface area contributed by atoms with E-state index in [4.69, 9.17) is 0 Å². The molecule has 0 saturated carbocycles. The van der Waals surface area contributed by atoms with Crippen LogP contribution in [-0.4, -0.2) is 43.2 Å². The molecular formula is C54H72N4Te2+2. The molecule has 60 heavy (non-hydrogen) atoms. The van der Waals surface area contributed by atoms with Crippen LogP contribution in [-0.2, 0) is 0 Å². The van der Waals surface area contributed by atoms with Gasteiger partial charge in [0.1, 0.15) is 0 Å². The molecule has 0 amide bonds. The van der Waals surface area contributed by atoms with E-state index in [9.17, 15) is 0 Å². The van der Waals surface area contributed by atoms with Gasteiger partial charge in [-0.15, -0.1) is 0 Å². The number of benzene rings is 4. The van der Waals surface area contributed by atoms with Crippen molar-refractivity contribution in [3.63, 3.8) is 0 Å². The Labute approximate surface area is 380 Å². The third-order valence-corrected chi connectivity index (χ3v) is 22.7. The molecule has 2 heterocycles. The molecule has 0 spiro atoms. The van der Waals surface area contributed by atoms with Crippen molar-refractivity contribution in [3.8, 4) is 22.7 Å². The molecule has 0 aliphatic carbocycles. The fourth-order valence-corrected chi connectivity index (χ4v) is 20.9. The van der Waals surface area contributed by atoms with Gasteiger partial charge in [0.25, 0.3) is 0 Å². The topological polar surface area (TPSA) is 17.6 Å². The first-order valence-electron chi connectivity index (χ1n) is 22.6. The van der Waals surface area contributed by atoms with Crippen molar-refractivity contribution in [2.45, 2.75) is 158 Å². The van der Waals surface area contributed by atoms with E-state index in [-0.39, 0.29) is 0 Å². The molecule has 4 nitrogen and oxygen atoms in total. The quantitative estimate of drug-likeness (QED) is 0.0721. The third-order valence-electron chi connectivity index (χ3n) is 12.1. The summed E-state index contributed by atoms with van der Waals surface area (Å²) in [7, 11) is 0. The zero-order chi connectivity index (χ0) is 43.7. The Kier molecular flexibility index (Phi) is 15.1. The molecule has 0 saturated heterocycles. The summed E-state index contributed by atoms with van der Waals surface area (Å²) < 4.78 is 13.7. The maximum atomic E-state index is 2.67. The van der Waals surface area contributed by atoms with Gasteiger partial charge >= 0.3 is 383 Å². The molecule has 6 heteroatoms. The maximum absolute atomic E-state index is 2.67. The Morgan fingerprint density at radius 3 is 0.767 bits per heavy atom. The molecule has 318 valence electrons. The molecule has 0 unspecified atom stereocenters. The van der Waals surface area contributed by atoms with Crippen LogP contribution in [0, 0.1) is 0 Å². The molecule has 0 fully saturated rings. The van der Waals surface area contributed by atoms with Gasteiger partial charge in [0, 0.05) is 0 Å². The van der Waals surface area contributed by atoms with Crippen LogP contribution in [0.2, 0.25) is 0 Å².